The molecule has 0 amide bonds. The van der Waals surface area contributed by atoms with Crippen molar-refractivity contribution in [3.8, 4) is 0 Å². The smallest absolute Gasteiger partial charge is 0.159 e. The monoisotopic (exact) mass is 440 g/mol. The Morgan fingerprint density at radius 2 is 1.25 bits per heavy atom. The molecular weight excluding hydrogens is 424 g/mol. The Labute approximate surface area is 145 Å². The van der Waals surface area contributed by atoms with E-state index < -0.39 is 0 Å². The number of hydrogen-bond donors (Lipinski definition) is 0. The molecule has 0 bridgehead atoms. The summed E-state index contributed by atoms with van der Waals surface area (Å²) in [5.41, 5.74) is 0. The van der Waals surface area contributed by atoms with Gasteiger partial charge >= 0.3 is 0 Å². The molecule has 3 aliphatic heterocycles. The van der Waals surface area contributed by atoms with E-state index in [0.29, 0.717) is 10.5 Å². The Balaban J connectivity index is 1.48. The second-order valence-corrected chi connectivity index (χ2v) is 8.84. The summed E-state index contributed by atoms with van der Waals surface area (Å²) in [6.45, 7) is 6.19. The van der Waals surface area contributed by atoms with Gasteiger partial charge in [0.05, 0.1) is 13.1 Å². The van der Waals surface area contributed by atoms with Crippen LogP contribution in [0.25, 0.3) is 0 Å². The van der Waals surface area contributed by atoms with Crippen molar-refractivity contribution in [2.24, 2.45) is 9.98 Å². The van der Waals surface area contributed by atoms with Crippen LogP contribution in [-0.2, 0) is 0 Å². The summed E-state index contributed by atoms with van der Waals surface area (Å²) in [5.74, 6) is 0. The SMILES string of the molecule is BrC[C@H]1CN=C(N2CCN(C3=NC[C@H](CBr)S3)CC2)S1. The highest BCUT2D eigenvalue weighted by Crippen LogP contribution is 2.28. The quantitative estimate of drug-likeness (QED) is 0.615. The van der Waals surface area contributed by atoms with Crippen LogP contribution in [0.15, 0.2) is 9.98 Å². The average Bonchev–Trinajstić information content (AvgIpc) is 3.16. The molecule has 0 saturated carbocycles. The van der Waals surface area contributed by atoms with Gasteiger partial charge < -0.3 is 9.80 Å². The van der Waals surface area contributed by atoms with Crippen LogP contribution in [-0.4, -0.2) is 80.6 Å². The lowest BCUT2D eigenvalue weighted by molar-refractivity contribution is 0.265. The molecule has 4 nitrogen and oxygen atoms in total. The van der Waals surface area contributed by atoms with E-state index in [9.17, 15) is 0 Å². The Bertz CT molecular complexity index is 372. The molecule has 0 aliphatic carbocycles. The maximum Gasteiger partial charge on any atom is 0.159 e. The number of piperazine rings is 1. The minimum atomic E-state index is 0.623. The van der Waals surface area contributed by atoms with Crippen molar-refractivity contribution < 1.29 is 0 Å². The minimum Gasteiger partial charge on any atom is -0.348 e. The Kier molecular flexibility index (Phi) is 5.61. The van der Waals surface area contributed by atoms with E-state index in [1.165, 1.54) is 10.3 Å². The Morgan fingerprint density at radius 1 is 0.850 bits per heavy atom. The molecule has 1 saturated heterocycles. The molecule has 3 rings (SSSR count). The van der Waals surface area contributed by atoms with E-state index in [1.807, 2.05) is 23.5 Å². The van der Waals surface area contributed by atoms with Crippen LogP contribution in [0.2, 0.25) is 0 Å². The Hall–Kier alpha value is 0.600. The second kappa shape index (κ2) is 7.24. The summed E-state index contributed by atoms with van der Waals surface area (Å²) in [4.78, 5) is 14.2. The van der Waals surface area contributed by atoms with Crippen LogP contribution in [0.1, 0.15) is 0 Å². The van der Waals surface area contributed by atoms with Crippen LogP contribution in [0.5, 0.6) is 0 Å². The zero-order chi connectivity index (χ0) is 13.9. The lowest BCUT2D eigenvalue weighted by Gasteiger charge is -2.36. The van der Waals surface area contributed by atoms with Crippen molar-refractivity contribution in [1.29, 1.82) is 0 Å². The van der Waals surface area contributed by atoms with E-state index in [1.54, 1.807) is 0 Å². The number of amidine groups is 2. The van der Waals surface area contributed by atoms with Gasteiger partial charge in [-0.15, -0.1) is 0 Å². The standard InChI is InChI=1S/C12H18Br2N4S2/c13-5-9-7-15-11(19-9)17-1-2-18(4-3-17)12-16-8-10(6-14)20-12/h9-10H,1-8H2/t9-,10-/m0/s1. The molecule has 0 aromatic heterocycles. The molecule has 112 valence electrons. The fourth-order valence-corrected chi connectivity index (χ4v) is 5.59. The van der Waals surface area contributed by atoms with Gasteiger partial charge in [-0.3, -0.25) is 9.98 Å². The molecule has 3 heterocycles. The molecule has 20 heavy (non-hydrogen) atoms. The van der Waals surface area contributed by atoms with Gasteiger partial charge in [-0.1, -0.05) is 55.4 Å². The van der Waals surface area contributed by atoms with Gasteiger partial charge in [0.15, 0.2) is 10.3 Å². The van der Waals surface area contributed by atoms with Gasteiger partial charge in [-0.05, 0) is 0 Å². The first-order valence-corrected chi connectivity index (χ1v) is 10.8. The normalized spacial score (nSPS) is 30.7. The number of alkyl halides is 2. The van der Waals surface area contributed by atoms with Crippen LogP contribution in [0, 0.1) is 0 Å². The number of thioether (sulfide) groups is 2. The number of nitrogens with zero attached hydrogens (tertiary/aromatic N) is 4. The predicted molar refractivity (Wildman–Crippen MR) is 98.1 cm³/mol. The molecule has 0 radical (unpaired) electrons. The largest absolute Gasteiger partial charge is 0.348 e. The fourth-order valence-electron chi connectivity index (χ4n) is 2.41. The first-order chi connectivity index (χ1) is 9.80. The summed E-state index contributed by atoms with van der Waals surface area (Å²) in [7, 11) is 0. The third-order valence-electron chi connectivity index (χ3n) is 3.57. The summed E-state index contributed by atoms with van der Waals surface area (Å²) in [5, 5.41) is 5.80. The molecular formula is C12H18Br2N4S2. The maximum atomic E-state index is 4.67. The van der Waals surface area contributed by atoms with Gasteiger partial charge in [0.25, 0.3) is 0 Å². The van der Waals surface area contributed by atoms with E-state index in [2.05, 4.69) is 51.6 Å². The van der Waals surface area contributed by atoms with Gasteiger partial charge in [0.2, 0.25) is 0 Å². The van der Waals surface area contributed by atoms with Crippen molar-refractivity contribution in [2.75, 3.05) is 49.9 Å². The molecule has 1 fully saturated rings. The first kappa shape index (κ1) is 15.5. The van der Waals surface area contributed by atoms with Crippen molar-refractivity contribution in [3.05, 3.63) is 0 Å². The first-order valence-electron chi connectivity index (χ1n) is 6.84. The number of hydrogen-bond acceptors (Lipinski definition) is 6. The summed E-state index contributed by atoms with van der Waals surface area (Å²) < 4.78 is 0. The number of aliphatic imine (C=N–C) groups is 2. The van der Waals surface area contributed by atoms with Gasteiger partial charge in [-0.25, -0.2) is 0 Å². The minimum absolute atomic E-state index is 0.623. The number of rotatable bonds is 2. The predicted octanol–water partition coefficient (Wildman–Crippen LogP) is 2.34. The van der Waals surface area contributed by atoms with E-state index in [0.717, 1.165) is 49.9 Å². The molecule has 0 unspecified atom stereocenters. The van der Waals surface area contributed by atoms with Crippen molar-refractivity contribution >= 4 is 65.7 Å². The van der Waals surface area contributed by atoms with Crippen LogP contribution < -0.4 is 0 Å². The highest BCUT2D eigenvalue weighted by molar-refractivity contribution is 9.09. The third-order valence-corrected chi connectivity index (χ3v) is 8.48. The lowest BCUT2D eigenvalue weighted by Crippen LogP contribution is -2.49. The Morgan fingerprint density at radius 3 is 1.55 bits per heavy atom. The third kappa shape index (κ3) is 3.50. The average molecular weight is 442 g/mol. The molecule has 0 spiro atoms. The van der Waals surface area contributed by atoms with Crippen LogP contribution in [0.4, 0.5) is 0 Å². The van der Waals surface area contributed by atoms with Gasteiger partial charge in [0.1, 0.15) is 0 Å². The van der Waals surface area contributed by atoms with Crippen LogP contribution in [0.3, 0.4) is 0 Å². The van der Waals surface area contributed by atoms with E-state index in [4.69, 9.17) is 0 Å². The highest BCUT2D eigenvalue weighted by Gasteiger charge is 2.29. The van der Waals surface area contributed by atoms with Crippen molar-refractivity contribution in [1.82, 2.24) is 9.80 Å². The van der Waals surface area contributed by atoms with E-state index in [-0.39, 0.29) is 0 Å². The topological polar surface area (TPSA) is 31.2 Å². The molecule has 3 aliphatic rings. The fraction of sp³-hybridized carbons (Fsp3) is 0.833. The summed E-state index contributed by atoms with van der Waals surface area (Å²) >= 11 is 10.9. The zero-order valence-electron chi connectivity index (χ0n) is 11.2. The molecule has 0 aromatic carbocycles. The lowest BCUT2D eigenvalue weighted by atomic mass is 10.3. The number of halogens is 2. The van der Waals surface area contributed by atoms with Crippen LogP contribution >= 0.6 is 55.4 Å². The van der Waals surface area contributed by atoms with E-state index >= 15 is 0 Å². The molecule has 2 atom stereocenters. The zero-order valence-corrected chi connectivity index (χ0v) is 16.0. The van der Waals surface area contributed by atoms with Gasteiger partial charge in [0, 0.05) is 47.3 Å². The molecule has 0 N–H and O–H groups in total. The molecule has 0 aromatic rings. The molecule has 8 heteroatoms. The highest BCUT2D eigenvalue weighted by atomic mass is 79.9. The second-order valence-electron chi connectivity index (χ2n) is 5.01. The van der Waals surface area contributed by atoms with Crippen molar-refractivity contribution in [2.45, 2.75) is 10.5 Å². The van der Waals surface area contributed by atoms with Crippen molar-refractivity contribution in [3.63, 3.8) is 0 Å². The van der Waals surface area contributed by atoms with Gasteiger partial charge in [-0.2, -0.15) is 0 Å². The maximum absolute atomic E-state index is 4.67. The summed E-state index contributed by atoms with van der Waals surface area (Å²) in [6.07, 6.45) is 0. The summed E-state index contributed by atoms with van der Waals surface area (Å²) in [6, 6.07) is 0.